The molecule has 0 fully saturated rings. The molecule has 0 spiro atoms. The summed E-state index contributed by atoms with van der Waals surface area (Å²) in [4.78, 5) is 27.1. The van der Waals surface area contributed by atoms with E-state index in [1.54, 1.807) is 0 Å². The van der Waals surface area contributed by atoms with Crippen molar-refractivity contribution in [3.63, 3.8) is 0 Å². The second-order valence-electron chi connectivity index (χ2n) is 5.36. The summed E-state index contributed by atoms with van der Waals surface area (Å²) in [5.41, 5.74) is 2.19. The fraction of sp³-hybridized carbons (Fsp3) is 0.412. The Hall–Kier alpha value is -2.18. The van der Waals surface area contributed by atoms with Crippen LogP contribution in [0.15, 0.2) is 36.0 Å². The molecule has 0 atom stereocenters. The van der Waals surface area contributed by atoms with E-state index in [4.69, 9.17) is 5.11 Å². The summed E-state index contributed by atoms with van der Waals surface area (Å²) in [6.07, 6.45) is 1.27. The van der Waals surface area contributed by atoms with Crippen molar-refractivity contribution in [2.24, 2.45) is 0 Å². The highest BCUT2D eigenvalue weighted by atomic mass is 16.3. The number of anilines is 1. The van der Waals surface area contributed by atoms with Gasteiger partial charge in [0.1, 0.15) is 5.70 Å². The quantitative estimate of drug-likeness (QED) is 0.705. The minimum atomic E-state index is -0.406. The van der Waals surface area contributed by atoms with Gasteiger partial charge in [-0.2, -0.15) is 0 Å². The smallest absolute Gasteiger partial charge is 0.277 e. The standard InChI is InChI=1S/C17H23N3O3/c1-3-19(4-2)12-13-5-7-14(8-6-13)18-15-11-16(22)20(9-10-21)17(15)23/h5-8,11,18,21H,3-4,9-10,12H2,1-2H3. The molecule has 2 N–H and O–H groups in total. The molecule has 0 radical (unpaired) electrons. The molecule has 0 saturated carbocycles. The number of hydrogen-bond acceptors (Lipinski definition) is 5. The Balaban J connectivity index is 2.00. The third kappa shape index (κ3) is 4.18. The van der Waals surface area contributed by atoms with Crippen LogP contribution in [0.25, 0.3) is 0 Å². The molecule has 0 aromatic heterocycles. The molecule has 0 bridgehead atoms. The monoisotopic (exact) mass is 317 g/mol. The van der Waals surface area contributed by atoms with E-state index in [2.05, 4.69) is 24.1 Å². The van der Waals surface area contributed by atoms with Gasteiger partial charge in [-0.3, -0.25) is 19.4 Å². The van der Waals surface area contributed by atoms with Crippen LogP contribution in [0.4, 0.5) is 5.69 Å². The number of carbonyl (C=O) groups is 2. The van der Waals surface area contributed by atoms with Crippen LogP contribution in [0.2, 0.25) is 0 Å². The largest absolute Gasteiger partial charge is 0.395 e. The Morgan fingerprint density at radius 1 is 1.13 bits per heavy atom. The van der Waals surface area contributed by atoms with Crippen LogP contribution in [-0.2, 0) is 16.1 Å². The van der Waals surface area contributed by atoms with Gasteiger partial charge in [-0.1, -0.05) is 26.0 Å². The minimum Gasteiger partial charge on any atom is -0.395 e. The van der Waals surface area contributed by atoms with E-state index >= 15 is 0 Å². The number of amides is 2. The molecule has 1 heterocycles. The molecule has 1 aromatic rings. The summed E-state index contributed by atoms with van der Waals surface area (Å²) < 4.78 is 0. The first-order valence-corrected chi connectivity index (χ1v) is 7.85. The SMILES string of the molecule is CCN(CC)Cc1ccc(NC2=CC(=O)N(CCO)C2=O)cc1. The molecular weight excluding hydrogens is 294 g/mol. The van der Waals surface area contributed by atoms with Gasteiger partial charge in [0.25, 0.3) is 11.8 Å². The fourth-order valence-electron chi connectivity index (χ4n) is 2.46. The zero-order valence-electron chi connectivity index (χ0n) is 13.6. The first-order chi connectivity index (χ1) is 11.1. The molecule has 2 amide bonds. The van der Waals surface area contributed by atoms with Crippen LogP contribution >= 0.6 is 0 Å². The lowest BCUT2D eigenvalue weighted by molar-refractivity contribution is -0.137. The first kappa shape index (κ1) is 17.2. The highest BCUT2D eigenvalue weighted by molar-refractivity contribution is 6.17. The molecular formula is C17H23N3O3. The fourth-order valence-corrected chi connectivity index (χ4v) is 2.46. The lowest BCUT2D eigenvalue weighted by Crippen LogP contribution is -2.34. The van der Waals surface area contributed by atoms with Crippen LogP contribution in [0.1, 0.15) is 19.4 Å². The molecule has 1 aliphatic heterocycles. The lowest BCUT2D eigenvalue weighted by atomic mass is 10.2. The average Bonchev–Trinajstić information content (AvgIpc) is 2.82. The summed E-state index contributed by atoms with van der Waals surface area (Å²) >= 11 is 0. The second-order valence-corrected chi connectivity index (χ2v) is 5.36. The maximum atomic E-state index is 12.1. The van der Waals surface area contributed by atoms with E-state index in [1.807, 2.05) is 24.3 Å². The van der Waals surface area contributed by atoms with Crippen molar-refractivity contribution in [1.82, 2.24) is 9.80 Å². The first-order valence-electron chi connectivity index (χ1n) is 7.85. The molecule has 6 nitrogen and oxygen atoms in total. The van der Waals surface area contributed by atoms with Crippen LogP contribution in [0, 0.1) is 0 Å². The minimum absolute atomic E-state index is 0.0160. The number of aliphatic hydroxyl groups excluding tert-OH is 1. The Morgan fingerprint density at radius 3 is 2.35 bits per heavy atom. The van der Waals surface area contributed by atoms with Crippen molar-refractivity contribution in [3.8, 4) is 0 Å². The number of carbonyl (C=O) groups excluding carboxylic acids is 2. The predicted octanol–water partition coefficient (Wildman–Crippen LogP) is 1.19. The lowest BCUT2D eigenvalue weighted by Gasteiger charge is -2.18. The van der Waals surface area contributed by atoms with Crippen molar-refractivity contribution in [3.05, 3.63) is 41.6 Å². The van der Waals surface area contributed by atoms with Gasteiger partial charge in [-0.25, -0.2) is 0 Å². The number of rotatable bonds is 8. The molecule has 0 unspecified atom stereocenters. The molecule has 6 heteroatoms. The molecule has 0 aliphatic carbocycles. The number of benzene rings is 1. The number of aliphatic hydroxyl groups is 1. The van der Waals surface area contributed by atoms with Crippen molar-refractivity contribution in [2.75, 3.05) is 31.6 Å². The van der Waals surface area contributed by atoms with Crippen molar-refractivity contribution >= 4 is 17.5 Å². The van der Waals surface area contributed by atoms with E-state index in [-0.39, 0.29) is 18.8 Å². The Bertz CT molecular complexity index is 592. The van der Waals surface area contributed by atoms with Gasteiger partial charge in [0, 0.05) is 18.3 Å². The van der Waals surface area contributed by atoms with Gasteiger partial charge in [0.05, 0.1) is 13.2 Å². The summed E-state index contributed by atoms with van der Waals surface area (Å²) in [5.74, 6) is -0.805. The highest BCUT2D eigenvalue weighted by Gasteiger charge is 2.30. The average molecular weight is 317 g/mol. The predicted molar refractivity (Wildman–Crippen MR) is 88.6 cm³/mol. The third-order valence-electron chi connectivity index (χ3n) is 3.87. The van der Waals surface area contributed by atoms with E-state index < -0.39 is 11.8 Å². The second kappa shape index (κ2) is 7.89. The summed E-state index contributed by atoms with van der Waals surface area (Å²) in [5, 5.41) is 11.9. The van der Waals surface area contributed by atoms with E-state index in [0.717, 1.165) is 30.2 Å². The van der Waals surface area contributed by atoms with Crippen molar-refractivity contribution in [1.29, 1.82) is 0 Å². The zero-order chi connectivity index (χ0) is 16.8. The summed E-state index contributed by atoms with van der Waals surface area (Å²) in [6.45, 7) is 6.93. The maximum Gasteiger partial charge on any atom is 0.277 e. The number of nitrogens with zero attached hydrogens (tertiary/aromatic N) is 2. The van der Waals surface area contributed by atoms with Crippen LogP contribution in [-0.4, -0.2) is 53.0 Å². The van der Waals surface area contributed by atoms with E-state index in [9.17, 15) is 9.59 Å². The van der Waals surface area contributed by atoms with Crippen molar-refractivity contribution < 1.29 is 14.7 Å². The van der Waals surface area contributed by atoms with Gasteiger partial charge < -0.3 is 10.4 Å². The topological polar surface area (TPSA) is 72.9 Å². The molecule has 2 rings (SSSR count). The van der Waals surface area contributed by atoms with Gasteiger partial charge in [0.15, 0.2) is 0 Å². The summed E-state index contributed by atoms with van der Waals surface area (Å²) in [7, 11) is 0. The van der Waals surface area contributed by atoms with Crippen LogP contribution in [0.5, 0.6) is 0 Å². The normalized spacial score (nSPS) is 14.6. The molecule has 1 aliphatic rings. The Morgan fingerprint density at radius 2 is 1.78 bits per heavy atom. The third-order valence-corrected chi connectivity index (χ3v) is 3.87. The van der Waals surface area contributed by atoms with Crippen LogP contribution in [0.3, 0.4) is 0 Å². The molecule has 124 valence electrons. The Kier molecular flexibility index (Phi) is 5.90. The zero-order valence-corrected chi connectivity index (χ0v) is 13.6. The number of β-amino-alcohol motifs (C(OH)–C–C–N with tert-alkyl or cyclic N) is 1. The molecule has 23 heavy (non-hydrogen) atoms. The van der Waals surface area contributed by atoms with Crippen LogP contribution < -0.4 is 5.32 Å². The van der Waals surface area contributed by atoms with Crippen molar-refractivity contribution in [2.45, 2.75) is 20.4 Å². The number of imide groups is 1. The van der Waals surface area contributed by atoms with Gasteiger partial charge in [-0.15, -0.1) is 0 Å². The Labute approximate surface area is 136 Å². The van der Waals surface area contributed by atoms with Gasteiger partial charge in [-0.05, 0) is 30.8 Å². The van der Waals surface area contributed by atoms with E-state index in [1.165, 1.54) is 11.6 Å². The van der Waals surface area contributed by atoms with Gasteiger partial charge >= 0.3 is 0 Å². The highest BCUT2D eigenvalue weighted by Crippen LogP contribution is 2.18. The van der Waals surface area contributed by atoms with E-state index in [0.29, 0.717) is 0 Å². The number of nitrogens with one attached hydrogen (secondary N) is 1. The van der Waals surface area contributed by atoms with Gasteiger partial charge in [0.2, 0.25) is 0 Å². The number of hydrogen-bond donors (Lipinski definition) is 2. The molecule has 0 saturated heterocycles. The maximum absolute atomic E-state index is 12.1. The molecule has 1 aromatic carbocycles. The summed E-state index contributed by atoms with van der Waals surface area (Å²) in [6, 6.07) is 7.81.